The lowest BCUT2D eigenvalue weighted by molar-refractivity contribution is 0.590. The number of hydrogen-bond donors (Lipinski definition) is 0. The monoisotopic (exact) mass is 1240 g/mol. The fraction of sp³-hybridized carbons (Fsp3) is 0.0899. The van der Waals surface area contributed by atoms with Gasteiger partial charge in [0, 0.05) is 66.0 Å². The van der Waals surface area contributed by atoms with Crippen LogP contribution < -0.4 is 21.3 Å². The first-order valence-corrected chi connectivity index (χ1v) is 33.9. The van der Waals surface area contributed by atoms with E-state index in [1.54, 1.807) is 0 Å². The molecule has 2 aliphatic rings. The largest absolute Gasteiger partial charge is 0.311 e. The summed E-state index contributed by atoms with van der Waals surface area (Å²) in [6, 6.07) is 104. The third-order valence-electron chi connectivity index (χ3n) is 21.2. The van der Waals surface area contributed by atoms with Crippen molar-refractivity contribution in [3.63, 3.8) is 0 Å². The molecule has 0 spiro atoms. The van der Waals surface area contributed by atoms with Gasteiger partial charge >= 0.3 is 0 Å². The Morgan fingerprint density at radius 3 is 1.35 bits per heavy atom. The SMILES string of the molecule is CC(C)(C)c1ccc(N2c3ccc(C(C)(C)C)cc3B3c4c2cc(-c2nc(-n5c6ccccc6c6ccccc65)nc(-n5c6ccccc6c6ccccc65)n2)cc4-n2c4ccc(-c5ccccc5-c5ccccc5)cc4c4c5c6ccccc6c6ccccc6c5cc3c42)cc1. The average molecular weight is 1240 g/mol. The molecule has 0 atom stereocenters. The molecule has 0 unspecified atom stereocenters. The smallest absolute Gasteiger partial charge is 0.252 e. The molecule has 0 radical (unpaired) electrons. The van der Waals surface area contributed by atoms with Crippen LogP contribution in [0.15, 0.2) is 279 Å². The van der Waals surface area contributed by atoms with Crippen molar-refractivity contribution in [2.75, 3.05) is 4.90 Å². The number of anilines is 3. The number of benzene rings is 14. The molecule has 0 saturated heterocycles. The third kappa shape index (κ3) is 8.07. The standard InChI is InChI=1S/C89H64BN7/c1-88(2,3)56-41-44-58(45-42-56)94-78-47-43-57(89(4,5)6)51-71(78)90-72-52-69-63-30-13-12-28-61(63)62-29-14-15-35-68(62)81(69)82-70-48-54(60-27-11-10-26-59(60)53-24-8-7-9-25-53)40-46-77(70)95(84(72)82)80-50-55(49-79(94)83(80)90)85-91-86(96-73-36-20-16-31-64(73)65-32-17-21-37-74(65)96)93-87(92-85)97-75-38-22-18-33-66(75)67-34-19-23-39-76(67)97/h7-52H,1-6H3. The number of nitrogens with zero attached hydrogens (tertiary/aromatic N) is 7. The highest BCUT2D eigenvalue weighted by Gasteiger charge is 2.44. The van der Waals surface area contributed by atoms with Crippen molar-refractivity contribution in [1.29, 1.82) is 0 Å². The number of hydrogen-bond acceptors (Lipinski definition) is 4. The number of aromatic nitrogens is 6. The molecule has 0 amide bonds. The van der Waals surface area contributed by atoms with E-state index in [4.69, 9.17) is 15.0 Å². The van der Waals surface area contributed by atoms with Gasteiger partial charge in [-0.3, -0.25) is 9.13 Å². The molecule has 18 aromatic rings. The van der Waals surface area contributed by atoms with E-state index in [0.29, 0.717) is 17.7 Å². The quantitative estimate of drug-likeness (QED) is 0.123. The number of para-hydroxylation sites is 4. The van der Waals surface area contributed by atoms with Crippen LogP contribution in [0.5, 0.6) is 0 Å². The minimum atomic E-state index is -0.201. The van der Waals surface area contributed by atoms with Crippen LogP contribution in [0.3, 0.4) is 0 Å². The first kappa shape index (κ1) is 55.6. The predicted octanol–water partition coefficient (Wildman–Crippen LogP) is 20.8. The van der Waals surface area contributed by atoms with Crippen molar-refractivity contribution in [3.05, 3.63) is 290 Å². The molecule has 0 bridgehead atoms. The summed E-state index contributed by atoms with van der Waals surface area (Å²) in [5, 5.41) is 14.5. The maximum atomic E-state index is 5.82. The topological polar surface area (TPSA) is 56.7 Å². The van der Waals surface area contributed by atoms with E-state index >= 15 is 0 Å². The molecule has 0 saturated carbocycles. The van der Waals surface area contributed by atoms with Crippen LogP contribution >= 0.6 is 0 Å². The van der Waals surface area contributed by atoms with Gasteiger partial charge in [-0.1, -0.05) is 254 Å². The Kier molecular flexibility index (Phi) is 11.6. The molecule has 20 rings (SSSR count). The Balaban J connectivity index is 0.967. The van der Waals surface area contributed by atoms with Crippen molar-refractivity contribution in [3.8, 4) is 51.2 Å². The molecule has 7 nitrogen and oxygen atoms in total. The fourth-order valence-electron chi connectivity index (χ4n) is 16.7. The summed E-state index contributed by atoms with van der Waals surface area (Å²) in [4.78, 5) is 19.9. The van der Waals surface area contributed by atoms with Gasteiger partial charge in [-0.2, -0.15) is 15.0 Å². The van der Waals surface area contributed by atoms with Crippen LogP contribution in [-0.2, 0) is 10.8 Å². The highest BCUT2D eigenvalue weighted by Crippen LogP contribution is 2.49. The van der Waals surface area contributed by atoms with Crippen LogP contribution in [0.1, 0.15) is 52.7 Å². The molecule has 97 heavy (non-hydrogen) atoms. The van der Waals surface area contributed by atoms with Gasteiger partial charge in [0.25, 0.3) is 6.71 Å². The normalized spacial score (nSPS) is 13.0. The van der Waals surface area contributed by atoms with Crippen LogP contribution in [-0.4, -0.2) is 35.4 Å². The summed E-state index contributed by atoms with van der Waals surface area (Å²) in [6.07, 6.45) is 0. The molecule has 6 heterocycles. The zero-order chi connectivity index (χ0) is 64.7. The van der Waals surface area contributed by atoms with E-state index in [-0.39, 0.29) is 17.5 Å². The van der Waals surface area contributed by atoms with Gasteiger partial charge in [-0.05, 0) is 154 Å². The Hall–Kier alpha value is -11.9. The molecule has 14 aromatic carbocycles. The molecule has 458 valence electrons. The van der Waals surface area contributed by atoms with Crippen LogP contribution in [0.4, 0.5) is 17.1 Å². The highest BCUT2D eigenvalue weighted by molar-refractivity contribution is 7.00. The summed E-state index contributed by atoms with van der Waals surface area (Å²) in [6.45, 7) is 13.7. The minimum absolute atomic E-state index is 0.0583. The van der Waals surface area contributed by atoms with Gasteiger partial charge in [0.05, 0.1) is 33.1 Å². The summed E-state index contributed by atoms with van der Waals surface area (Å²) in [5.74, 6) is 1.63. The molecule has 0 N–H and O–H groups in total. The Bertz CT molecular complexity index is 6180. The van der Waals surface area contributed by atoms with E-state index in [0.717, 1.165) is 83.0 Å². The number of fused-ring (bicyclic) bond motifs is 20. The van der Waals surface area contributed by atoms with E-state index in [1.807, 2.05) is 0 Å². The molecular formula is C89H64BN7. The minimum Gasteiger partial charge on any atom is -0.311 e. The van der Waals surface area contributed by atoms with Gasteiger partial charge in [-0.15, -0.1) is 0 Å². The molecule has 8 heteroatoms. The molecular weight excluding hydrogens is 1180 g/mol. The molecule has 2 aliphatic heterocycles. The lowest BCUT2D eigenvalue weighted by Gasteiger charge is -2.41. The van der Waals surface area contributed by atoms with Gasteiger partial charge in [-0.25, -0.2) is 0 Å². The lowest BCUT2D eigenvalue weighted by atomic mass is 9.33. The van der Waals surface area contributed by atoms with Crippen molar-refractivity contribution in [2.45, 2.75) is 52.4 Å². The fourth-order valence-corrected chi connectivity index (χ4v) is 16.7. The van der Waals surface area contributed by atoms with E-state index in [1.165, 1.54) is 92.8 Å². The molecule has 0 fully saturated rings. The van der Waals surface area contributed by atoms with E-state index in [2.05, 4.69) is 339 Å². The zero-order valence-corrected chi connectivity index (χ0v) is 54.8. The second kappa shape index (κ2) is 20.3. The number of rotatable bonds is 6. The predicted molar refractivity (Wildman–Crippen MR) is 408 cm³/mol. The summed E-state index contributed by atoms with van der Waals surface area (Å²) in [7, 11) is 0. The lowest BCUT2D eigenvalue weighted by Crippen LogP contribution is -2.60. The summed E-state index contributed by atoms with van der Waals surface area (Å²) < 4.78 is 7.12. The van der Waals surface area contributed by atoms with Crippen LogP contribution in [0.2, 0.25) is 0 Å². The van der Waals surface area contributed by atoms with Gasteiger partial charge < -0.3 is 9.47 Å². The van der Waals surface area contributed by atoms with E-state index in [9.17, 15) is 0 Å². The maximum absolute atomic E-state index is 5.82. The van der Waals surface area contributed by atoms with Crippen molar-refractivity contribution < 1.29 is 0 Å². The van der Waals surface area contributed by atoms with Gasteiger partial charge in [0.15, 0.2) is 5.82 Å². The van der Waals surface area contributed by atoms with Crippen molar-refractivity contribution in [2.24, 2.45) is 0 Å². The van der Waals surface area contributed by atoms with Crippen LogP contribution in [0.25, 0.3) is 149 Å². The van der Waals surface area contributed by atoms with Crippen molar-refractivity contribution >= 4 is 138 Å². The van der Waals surface area contributed by atoms with Gasteiger partial charge in [0.2, 0.25) is 11.9 Å². The first-order valence-electron chi connectivity index (χ1n) is 33.9. The Morgan fingerprint density at radius 1 is 0.299 bits per heavy atom. The van der Waals surface area contributed by atoms with Crippen LogP contribution in [0, 0.1) is 0 Å². The second-order valence-electron chi connectivity index (χ2n) is 28.7. The van der Waals surface area contributed by atoms with Gasteiger partial charge in [0.1, 0.15) is 0 Å². The zero-order valence-electron chi connectivity index (χ0n) is 54.8. The average Bonchev–Trinajstić information content (AvgIpc) is 1.61. The maximum Gasteiger partial charge on any atom is 0.252 e. The second-order valence-corrected chi connectivity index (χ2v) is 28.7. The summed E-state index contributed by atoms with van der Waals surface area (Å²) >= 11 is 0. The van der Waals surface area contributed by atoms with E-state index < -0.39 is 0 Å². The Labute approximate surface area is 561 Å². The third-order valence-corrected chi connectivity index (χ3v) is 21.2. The highest BCUT2D eigenvalue weighted by atomic mass is 15.3. The van der Waals surface area contributed by atoms with Crippen molar-refractivity contribution in [1.82, 2.24) is 28.7 Å². The Morgan fingerprint density at radius 2 is 0.773 bits per heavy atom. The molecule has 0 aliphatic carbocycles. The molecule has 4 aromatic heterocycles. The first-order chi connectivity index (χ1) is 47.4. The summed E-state index contributed by atoms with van der Waals surface area (Å²) in [5.41, 5.74) is 22.5.